The van der Waals surface area contributed by atoms with Crippen LogP contribution in [0.3, 0.4) is 0 Å². The number of sulfonamides is 1. The van der Waals surface area contributed by atoms with Crippen LogP contribution in [-0.2, 0) is 14.6 Å². The number of aromatic hydroxyl groups is 1. The number of hydrogen-bond donors (Lipinski definition) is 3. The first-order valence-electron chi connectivity index (χ1n) is 11.4. The molecule has 32 heavy (non-hydrogen) atoms. The van der Waals surface area contributed by atoms with E-state index in [0.29, 0.717) is 36.0 Å². The van der Waals surface area contributed by atoms with Gasteiger partial charge in [-0.05, 0) is 74.5 Å². The minimum absolute atomic E-state index is 0.0618. The lowest BCUT2D eigenvalue weighted by atomic mass is 9.83. The summed E-state index contributed by atoms with van der Waals surface area (Å²) in [6, 6.07) is 4.76. The standard InChI is InChI=1S/C23H32NO5PS2/c1-2-30(26,27)12-6-4-3-5-7-19-16-8-9-17(13-16)23(19)24-32(28,29)22-15-31-21-11-10-18(25)14-20(21)22/h3,5,10-11,14-17,19,23-25H,2,4,6-9,12-13H2,1H3,(H,26,27)/b5-3-/t16-,17+,19?,23?/m1/s1. The summed E-state index contributed by atoms with van der Waals surface area (Å²) < 4.78 is 42.2. The average molecular weight is 498 g/mol. The van der Waals surface area contributed by atoms with Crippen LogP contribution >= 0.6 is 18.7 Å². The second-order valence-corrected chi connectivity index (χ2v) is 14.5. The largest absolute Gasteiger partial charge is 0.508 e. The second kappa shape index (κ2) is 9.59. The molecule has 176 valence electrons. The number of unbranched alkanes of at least 4 members (excludes halogenated alkanes) is 1. The minimum atomic E-state index is -3.69. The maximum absolute atomic E-state index is 13.3. The zero-order valence-corrected chi connectivity index (χ0v) is 20.8. The molecule has 2 aromatic rings. The Kier molecular flexibility index (Phi) is 7.18. The van der Waals surface area contributed by atoms with Crippen molar-refractivity contribution in [1.29, 1.82) is 0 Å². The van der Waals surface area contributed by atoms with E-state index in [2.05, 4.69) is 16.9 Å². The molecule has 3 unspecified atom stereocenters. The molecule has 1 aromatic carbocycles. The summed E-state index contributed by atoms with van der Waals surface area (Å²) in [6.07, 6.45) is 10.5. The molecule has 0 amide bonds. The maximum Gasteiger partial charge on any atom is 0.242 e. The van der Waals surface area contributed by atoms with Crippen LogP contribution in [0.25, 0.3) is 10.1 Å². The quantitative estimate of drug-likeness (QED) is 0.234. The van der Waals surface area contributed by atoms with E-state index in [-0.39, 0.29) is 22.6 Å². The van der Waals surface area contributed by atoms with Crippen molar-refractivity contribution in [3.63, 3.8) is 0 Å². The number of rotatable bonds is 10. The Labute approximate surface area is 194 Å². The third kappa shape index (κ3) is 5.15. The van der Waals surface area contributed by atoms with Crippen molar-refractivity contribution in [2.75, 3.05) is 12.3 Å². The smallest absolute Gasteiger partial charge is 0.242 e. The molecule has 0 radical (unpaired) electrons. The molecule has 3 N–H and O–H groups in total. The van der Waals surface area contributed by atoms with Crippen molar-refractivity contribution in [2.24, 2.45) is 17.8 Å². The minimum Gasteiger partial charge on any atom is -0.508 e. The summed E-state index contributed by atoms with van der Waals surface area (Å²) >= 11 is 1.37. The normalized spacial score (nSPS) is 27.4. The van der Waals surface area contributed by atoms with E-state index in [4.69, 9.17) is 0 Å². The van der Waals surface area contributed by atoms with Gasteiger partial charge in [0.15, 0.2) is 7.37 Å². The van der Waals surface area contributed by atoms with Crippen LogP contribution < -0.4 is 4.72 Å². The molecular weight excluding hydrogens is 465 g/mol. The highest BCUT2D eigenvalue weighted by atomic mass is 32.2. The van der Waals surface area contributed by atoms with Gasteiger partial charge in [-0.1, -0.05) is 19.1 Å². The van der Waals surface area contributed by atoms with Crippen LogP contribution in [0.4, 0.5) is 0 Å². The number of phenols is 1. The van der Waals surface area contributed by atoms with Crippen molar-refractivity contribution >= 4 is 38.8 Å². The summed E-state index contributed by atoms with van der Waals surface area (Å²) in [5.74, 6) is 1.25. The average Bonchev–Trinajstić information content (AvgIpc) is 3.45. The molecule has 0 saturated heterocycles. The zero-order valence-electron chi connectivity index (χ0n) is 18.3. The van der Waals surface area contributed by atoms with E-state index in [1.807, 2.05) is 0 Å². The van der Waals surface area contributed by atoms with Gasteiger partial charge >= 0.3 is 0 Å². The first-order chi connectivity index (χ1) is 15.2. The highest BCUT2D eigenvalue weighted by Gasteiger charge is 2.48. The topological polar surface area (TPSA) is 104 Å². The van der Waals surface area contributed by atoms with E-state index in [0.717, 1.165) is 36.8 Å². The number of fused-ring (bicyclic) bond motifs is 3. The van der Waals surface area contributed by atoms with Crippen LogP contribution in [0.5, 0.6) is 5.75 Å². The fraction of sp³-hybridized carbons (Fsp3) is 0.565. The highest BCUT2D eigenvalue weighted by molar-refractivity contribution is 7.90. The van der Waals surface area contributed by atoms with E-state index < -0.39 is 17.4 Å². The van der Waals surface area contributed by atoms with Crippen LogP contribution in [0.2, 0.25) is 0 Å². The Morgan fingerprint density at radius 1 is 1.25 bits per heavy atom. The number of nitrogens with one attached hydrogen (secondary N) is 1. The van der Waals surface area contributed by atoms with Crippen molar-refractivity contribution in [3.05, 3.63) is 35.7 Å². The van der Waals surface area contributed by atoms with Crippen molar-refractivity contribution in [2.45, 2.75) is 56.4 Å². The molecule has 2 aliphatic rings. The van der Waals surface area contributed by atoms with E-state index >= 15 is 0 Å². The number of thiophene rings is 1. The van der Waals surface area contributed by atoms with Gasteiger partial charge in [-0.3, -0.25) is 4.57 Å². The Hall–Kier alpha value is -1.18. The Balaban J connectivity index is 1.42. The summed E-state index contributed by atoms with van der Waals surface area (Å²) in [5.41, 5.74) is 0. The zero-order chi connectivity index (χ0) is 22.9. The lowest BCUT2D eigenvalue weighted by molar-refractivity contribution is 0.274. The monoisotopic (exact) mass is 497 g/mol. The number of hydrogen-bond acceptors (Lipinski definition) is 5. The predicted molar refractivity (Wildman–Crippen MR) is 130 cm³/mol. The van der Waals surface area contributed by atoms with Gasteiger partial charge in [0, 0.05) is 33.8 Å². The molecule has 1 aromatic heterocycles. The number of phenolic OH excluding ortho intramolecular Hbond substituents is 1. The molecule has 6 nitrogen and oxygen atoms in total. The predicted octanol–water partition coefficient (Wildman–Crippen LogP) is 5.32. The van der Waals surface area contributed by atoms with Gasteiger partial charge in [0.05, 0.1) is 0 Å². The van der Waals surface area contributed by atoms with Gasteiger partial charge in [0.1, 0.15) is 10.6 Å². The maximum atomic E-state index is 13.3. The van der Waals surface area contributed by atoms with Gasteiger partial charge < -0.3 is 10.00 Å². The first kappa shape index (κ1) is 24.0. The summed E-state index contributed by atoms with van der Waals surface area (Å²) in [5, 5.41) is 12.0. The Morgan fingerprint density at radius 2 is 2.03 bits per heavy atom. The van der Waals surface area contributed by atoms with E-state index in [1.165, 1.54) is 17.4 Å². The van der Waals surface area contributed by atoms with E-state index in [1.54, 1.807) is 24.4 Å². The van der Waals surface area contributed by atoms with Crippen LogP contribution in [0, 0.1) is 17.8 Å². The van der Waals surface area contributed by atoms with Crippen LogP contribution in [0.15, 0.2) is 40.6 Å². The van der Waals surface area contributed by atoms with E-state index in [9.17, 15) is 23.0 Å². The molecule has 0 spiro atoms. The van der Waals surface area contributed by atoms with Gasteiger partial charge in [0.2, 0.25) is 10.0 Å². The Morgan fingerprint density at radius 3 is 2.81 bits per heavy atom. The van der Waals surface area contributed by atoms with Gasteiger partial charge in [-0.15, -0.1) is 11.3 Å². The summed E-state index contributed by atoms with van der Waals surface area (Å²) in [4.78, 5) is 9.92. The molecule has 4 rings (SSSR count). The number of allylic oxidation sites excluding steroid dienone is 2. The molecule has 2 fully saturated rings. The first-order valence-corrected chi connectivity index (χ1v) is 15.8. The van der Waals surface area contributed by atoms with Crippen molar-refractivity contribution in [3.8, 4) is 5.75 Å². The molecule has 0 aliphatic heterocycles. The molecule has 2 saturated carbocycles. The molecule has 2 bridgehead atoms. The highest BCUT2D eigenvalue weighted by Crippen LogP contribution is 2.50. The molecule has 9 heteroatoms. The van der Waals surface area contributed by atoms with Crippen LogP contribution in [0.1, 0.15) is 45.4 Å². The number of benzene rings is 1. The van der Waals surface area contributed by atoms with Gasteiger partial charge in [0.25, 0.3) is 0 Å². The molecular formula is C23H32NO5PS2. The lowest BCUT2D eigenvalue weighted by Gasteiger charge is -2.31. The fourth-order valence-electron chi connectivity index (χ4n) is 5.36. The third-order valence-electron chi connectivity index (χ3n) is 7.14. The van der Waals surface area contributed by atoms with Crippen LogP contribution in [-0.4, -0.2) is 36.8 Å². The molecule has 1 heterocycles. The van der Waals surface area contributed by atoms with Crippen molar-refractivity contribution in [1.82, 2.24) is 4.72 Å². The van der Waals surface area contributed by atoms with Crippen molar-refractivity contribution < 1.29 is 23.0 Å². The third-order valence-corrected chi connectivity index (χ3v) is 11.8. The summed E-state index contributed by atoms with van der Waals surface area (Å²) in [7, 11) is -6.65. The summed E-state index contributed by atoms with van der Waals surface area (Å²) in [6.45, 7) is 1.74. The van der Waals surface area contributed by atoms with Gasteiger partial charge in [-0.25, -0.2) is 13.1 Å². The Bertz CT molecular complexity index is 1140. The SMILES string of the molecule is CCP(=O)(O)CCC/C=C\CC1C(NS(=O)(=O)c2csc3ccc(O)cc23)[C@H]2CC[C@@H]1C2. The lowest BCUT2D eigenvalue weighted by Crippen LogP contribution is -2.43. The van der Waals surface area contributed by atoms with Gasteiger partial charge in [-0.2, -0.15) is 0 Å². The molecule has 5 atom stereocenters. The molecule has 2 aliphatic carbocycles. The second-order valence-electron chi connectivity index (χ2n) is 9.16. The fourth-order valence-corrected chi connectivity index (χ4v) is 9.19.